The average Bonchev–Trinajstić information content (AvgIpc) is 2.03. The second kappa shape index (κ2) is 11.7. The van der Waals surface area contributed by atoms with Crippen LogP contribution in [0.5, 0.6) is 0 Å². The topological polar surface area (TPSA) is 3.24 Å². The predicted octanol–water partition coefficient (Wildman–Crippen LogP) is 2.76. The second-order valence-corrected chi connectivity index (χ2v) is 2.49. The molecular weight excluding hydrogens is 122 g/mol. The fourth-order valence-electron chi connectivity index (χ4n) is 0.224. The molecule has 0 bridgehead atoms. The molecule has 0 amide bonds. The molecule has 1 heteroatoms. The van der Waals surface area contributed by atoms with Crippen LogP contribution < -0.4 is 0 Å². The fraction of sp³-hybridized carbons (Fsp3) is 1.00. The highest BCUT2D eigenvalue weighted by atomic mass is 15.1. The summed E-state index contributed by atoms with van der Waals surface area (Å²) in [6.45, 7) is 11.0. The van der Waals surface area contributed by atoms with Crippen LogP contribution in [0.3, 0.4) is 0 Å². The molecule has 0 aromatic carbocycles. The van der Waals surface area contributed by atoms with Crippen molar-refractivity contribution < 1.29 is 0 Å². The summed E-state index contributed by atoms with van der Waals surface area (Å²) in [5.41, 5.74) is 0. The van der Waals surface area contributed by atoms with Gasteiger partial charge >= 0.3 is 0 Å². The summed E-state index contributed by atoms with van der Waals surface area (Å²) < 4.78 is 0. The van der Waals surface area contributed by atoms with E-state index < -0.39 is 0 Å². The van der Waals surface area contributed by atoms with E-state index >= 15 is 0 Å². The quantitative estimate of drug-likeness (QED) is 0.590. The van der Waals surface area contributed by atoms with Crippen LogP contribution in [0.15, 0.2) is 0 Å². The highest BCUT2D eigenvalue weighted by molar-refractivity contribution is 4.36. The van der Waals surface area contributed by atoms with Crippen molar-refractivity contribution in [3.8, 4) is 0 Å². The molecule has 0 aliphatic heterocycles. The summed E-state index contributed by atoms with van der Waals surface area (Å²) in [6.07, 6.45) is 2.64. The lowest BCUT2D eigenvalue weighted by Crippen LogP contribution is -2.15. The van der Waals surface area contributed by atoms with E-state index in [4.69, 9.17) is 0 Å². The van der Waals surface area contributed by atoms with E-state index in [9.17, 15) is 0 Å². The summed E-state index contributed by atoms with van der Waals surface area (Å²) in [4.78, 5) is 2.25. The van der Waals surface area contributed by atoms with Gasteiger partial charge in [-0.2, -0.15) is 0 Å². The van der Waals surface area contributed by atoms with Crippen LogP contribution in [0, 0.1) is 0 Å². The van der Waals surface area contributed by atoms with Crippen LogP contribution in [0.25, 0.3) is 0 Å². The molecule has 0 saturated carbocycles. The molecule has 0 aliphatic carbocycles. The lowest BCUT2D eigenvalue weighted by atomic mass is 10.4. The van der Waals surface area contributed by atoms with Gasteiger partial charge in [-0.25, -0.2) is 0 Å². The summed E-state index contributed by atoms with van der Waals surface area (Å²) >= 11 is 0. The molecule has 0 spiro atoms. The fourth-order valence-corrected chi connectivity index (χ4v) is 0.224. The molecule has 0 unspecified atom stereocenters. The third-order valence-electron chi connectivity index (χ3n) is 1.58. The van der Waals surface area contributed by atoms with Crippen molar-refractivity contribution in [2.24, 2.45) is 0 Å². The Kier molecular flexibility index (Phi) is 14.8. The Morgan fingerprint density at radius 3 is 1.10 bits per heavy atom. The molecule has 0 aromatic heterocycles. The van der Waals surface area contributed by atoms with Gasteiger partial charge < -0.3 is 4.90 Å². The van der Waals surface area contributed by atoms with Crippen molar-refractivity contribution >= 4 is 0 Å². The zero-order valence-electron chi connectivity index (χ0n) is 8.28. The maximum absolute atomic E-state index is 2.25. The van der Waals surface area contributed by atoms with E-state index in [0.29, 0.717) is 0 Å². The van der Waals surface area contributed by atoms with Crippen molar-refractivity contribution in [3.63, 3.8) is 0 Å². The van der Waals surface area contributed by atoms with Crippen molar-refractivity contribution in [1.82, 2.24) is 4.90 Å². The minimum atomic E-state index is 1.16. The van der Waals surface area contributed by atoms with Crippen molar-refractivity contribution in [2.45, 2.75) is 40.5 Å². The van der Waals surface area contributed by atoms with Crippen LogP contribution in [0.4, 0.5) is 0 Å². The van der Waals surface area contributed by atoms with Gasteiger partial charge in [-0.05, 0) is 20.1 Å². The van der Waals surface area contributed by atoms with Gasteiger partial charge in [0.05, 0.1) is 0 Å². The van der Waals surface area contributed by atoms with Gasteiger partial charge in [-0.1, -0.05) is 40.5 Å². The van der Waals surface area contributed by atoms with Gasteiger partial charge in [0, 0.05) is 0 Å². The minimum absolute atomic E-state index is 1.16. The summed E-state index contributed by atoms with van der Waals surface area (Å²) in [7, 11) is 2.11. The average molecular weight is 145 g/mol. The van der Waals surface area contributed by atoms with Crippen LogP contribution in [0.1, 0.15) is 40.5 Å². The first-order chi connectivity index (χ1) is 4.72. The molecule has 10 heavy (non-hydrogen) atoms. The molecule has 0 aliphatic rings. The first kappa shape index (κ1) is 12.6. The third kappa shape index (κ3) is 15.7. The molecule has 0 fully saturated rings. The summed E-state index contributed by atoms with van der Waals surface area (Å²) in [6, 6.07) is 0. The zero-order chi connectivity index (χ0) is 8.41. The molecule has 1 nitrogen and oxygen atoms in total. The monoisotopic (exact) mass is 145 g/mol. The molecule has 64 valence electrons. The number of hydrogen-bond acceptors (Lipinski definition) is 1. The van der Waals surface area contributed by atoms with E-state index in [2.05, 4.69) is 39.6 Å². The maximum atomic E-state index is 2.25. The Labute approximate surface area is 66.4 Å². The third-order valence-corrected chi connectivity index (χ3v) is 1.58. The van der Waals surface area contributed by atoms with Gasteiger partial charge in [0.2, 0.25) is 0 Å². The lowest BCUT2D eigenvalue weighted by Gasteiger charge is -2.07. The second-order valence-electron chi connectivity index (χ2n) is 2.49. The Hall–Kier alpha value is -0.0400. The van der Waals surface area contributed by atoms with Gasteiger partial charge in [0.15, 0.2) is 0 Å². The Balaban J connectivity index is 0. The Bertz CT molecular complexity index is 38.0. The first-order valence-electron chi connectivity index (χ1n) is 4.41. The Morgan fingerprint density at radius 2 is 1.10 bits per heavy atom. The molecule has 0 atom stereocenters. The lowest BCUT2D eigenvalue weighted by molar-refractivity contribution is 0.373. The molecule has 0 N–H and O–H groups in total. The Morgan fingerprint density at radius 1 is 0.800 bits per heavy atom. The standard InChI is InChI=1S/C5H13N.C4H10/c1-4-6(3)5-2;1-3-4-2/h4-5H2,1-3H3;3-4H2,1-2H3. The van der Waals surface area contributed by atoms with Crippen LogP contribution in [0.2, 0.25) is 0 Å². The van der Waals surface area contributed by atoms with Gasteiger partial charge in [0.25, 0.3) is 0 Å². The number of nitrogens with zero attached hydrogens (tertiary/aromatic N) is 1. The van der Waals surface area contributed by atoms with Crippen LogP contribution in [-0.2, 0) is 0 Å². The molecular formula is C9H23N. The summed E-state index contributed by atoms with van der Waals surface area (Å²) in [5, 5.41) is 0. The smallest absolute Gasteiger partial charge is 0.00504 e. The summed E-state index contributed by atoms with van der Waals surface area (Å²) in [5.74, 6) is 0. The minimum Gasteiger partial charge on any atom is -0.307 e. The van der Waals surface area contributed by atoms with Crippen LogP contribution >= 0.6 is 0 Å². The van der Waals surface area contributed by atoms with Crippen LogP contribution in [-0.4, -0.2) is 25.0 Å². The molecule has 0 heterocycles. The number of hydrogen-bond donors (Lipinski definition) is 0. The highest BCUT2D eigenvalue weighted by Gasteiger charge is 1.81. The number of rotatable bonds is 3. The van der Waals surface area contributed by atoms with Gasteiger partial charge in [0.1, 0.15) is 0 Å². The highest BCUT2D eigenvalue weighted by Crippen LogP contribution is 1.76. The number of unbranched alkanes of at least 4 members (excludes halogenated alkanes) is 1. The van der Waals surface area contributed by atoms with E-state index in [-0.39, 0.29) is 0 Å². The van der Waals surface area contributed by atoms with Gasteiger partial charge in [-0.3, -0.25) is 0 Å². The SMILES string of the molecule is CCCC.CCN(C)CC. The maximum Gasteiger partial charge on any atom is -0.00504 e. The first-order valence-corrected chi connectivity index (χ1v) is 4.41. The molecule has 0 rings (SSSR count). The molecule has 0 aromatic rings. The van der Waals surface area contributed by atoms with E-state index in [1.54, 1.807) is 0 Å². The van der Waals surface area contributed by atoms with E-state index in [1.165, 1.54) is 12.8 Å². The van der Waals surface area contributed by atoms with E-state index in [1.807, 2.05) is 0 Å². The van der Waals surface area contributed by atoms with Crippen molar-refractivity contribution in [3.05, 3.63) is 0 Å². The van der Waals surface area contributed by atoms with Crippen molar-refractivity contribution in [1.29, 1.82) is 0 Å². The largest absolute Gasteiger partial charge is 0.307 e. The molecule has 0 radical (unpaired) electrons. The van der Waals surface area contributed by atoms with Gasteiger partial charge in [-0.15, -0.1) is 0 Å². The normalized spacial score (nSPS) is 9.00. The van der Waals surface area contributed by atoms with E-state index in [0.717, 1.165) is 13.1 Å². The molecule has 0 saturated heterocycles. The predicted molar refractivity (Wildman–Crippen MR) is 49.4 cm³/mol. The van der Waals surface area contributed by atoms with Crippen molar-refractivity contribution in [2.75, 3.05) is 20.1 Å². The zero-order valence-corrected chi connectivity index (χ0v) is 8.28.